The minimum Gasteiger partial charge on any atom is -0.384 e. The second-order valence-electron chi connectivity index (χ2n) is 3.40. The first kappa shape index (κ1) is 8.72. The second-order valence-corrected chi connectivity index (χ2v) is 3.40. The molecule has 1 fully saturated rings. The lowest BCUT2D eigenvalue weighted by Gasteiger charge is -2.15. The minimum atomic E-state index is 0.287. The van der Waals surface area contributed by atoms with E-state index in [1.54, 1.807) is 7.11 Å². The predicted molar refractivity (Wildman–Crippen MR) is 43.4 cm³/mol. The van der Waals surface area contributed by atoms with Crippen molar-refractivity contribution in [2.24, 2.45) is 11.8 Å². The molecule has 11 heavy (non-hydrogen) atoms. The van der Waals surface area contributed by atoms with Gasteiger partial charge in [0.2, 0.25) is 0 Å². The molecule has 2 nitrogen and oxygen atoms in total. The summed E-state index contributed by atoms with van der Waals surface area (Å²) < 4.78 is 5.01. The fourth-order valence-corrected chi connectivity index (χ4v) is 1.82. The van der Waals surface area contributed by atoms with Gasteiger partial charge in [-0.1, -0.05) is 6.92 Å². The number of ether oxygens (including phenoxy) is 1. The van der Waals surface area contributed by atoms with Crippen molar-refractivity contribution in [2.75, 3.05) is 13.7 Å². The molecule has 0 N–H and O–H groups in total. The number of hydrogen-bond donors (Lipinski definition) is 0. The topological polar surface area (TPSA) is 26.3 Å². The van der Waals surface area contributed by atoms with Crippen molar-refractivity contribution < 1.29 is 9.53 Å². The summed E-state index contributed by atoms with van der Waals surface area (Å²) in [5.41, 5.74) is 0. The lowest BCUT2D eigenvalue weighted by atomic mass is 9.93. The van der Waals surface area contributed by atoms with E-state index in [4.69, 9.17) is 4.74 Å². The van der Waals surface area contributed by atoms with Gasteiger partial charge in [0, 0.05) is 26.1 Å². The first-order valence-corrected chi connectivity index (χ1v) is 4.27. The summed E-state index contributed by atoms with van der Waals surface area (Å²) in [7, 11) is 1.69. The molecule has 0 aromatic carbocycles. The van der Waals surface area contributed by atoms with Gasteiger partial charge in [-0.3, -0.25) is 4.79 Å². The van der Waals surface area contributed by atoms with Crippen LogP contribution in [0.15, 0.2) is 0 Å². The Bertz CT molecular complexity index is 142. The van der Waals surface area contributed by atoms with E-state index in [1.165, 1.54) is 0 Å². The molecule has 2 atom stereocenters. The number of methoxy groups -OCH3 is 1. The Morgan fingerprint density at radius 1 is 1.73 bits per heavy atom. The van der Waals surface area contributed by atoms with Crippen molar-refractivity contribution in [1.29, 1.82) is 0 Å². The van der Waals surface area contributed by atoms with Gasteiger partial charge in [0.1, 0.15) is 5.78 Å². The number of rotatable bonds is 3. The number of carbonyl (C=O) groups excluding carboxylic acids is 1. The number of carbonyl (C=O) groups is 1. The summed E-state index contributed by atoms with van der Waals surface area (Å²) in [6.07, 6.45) is 2.94. The Morgan fingerprint density at radius 2 is 2.45 bits per heavy atom. The lowest BCUT2D eigenvalue weighted by molar-refractivity contribution is -0.122. The molecule has 0 heterocycles. The highest BCUT2D eigenvalue weighted by atomic mass is 16.5. The smallest absolute Gasteiger partial charge is 0.136 e. The van der Waals surface area contributed by atoms with E-state index in [1.807, 2.05) is 0 Å². The molecule has 0 spiro atoms. The van der Waals surface area contributed by atoms with Crippen molar-refractivity contribution in [3.05, 3.63) is 0 Å². The predicted octanol–water partition coefficient (Wildman–Crippen LogP) is 1.64. The third-order valence-corrected chi connectivity index (χ3v) is 2.47. The number of hydrogen-bond acceptors (Lipinski definition) is 2. The van der Waals surface area contributed by atoms with Gasteiger partial charge in [-0.05, 0) is 18.8 Å². The van der Waals surface area contributed by atoms with E-state index in [0.717, 1.165) is 25.9 Å². The van der Waals surface area contributed by atoms with Crippen LogP contribution in [0.25, 0.3) is 0 Å². The van der Waals surface area contributed by atoms with Gasteiger partial charge in [-0.2, -0.15) is 0 Å². The number of ketones is 1. The maximum absolute atomic E-state index is 11.2. The summed E-state index contributed by atoms with van der Waals surface area (Å²) in [4.78, 5) is 11.2. The van der Waals surface area contributed by atoms with Gasteiger partial charge in [0.15, 0.2) is 0 Å². The van der Waals surface area contributed by atoms with Crippen molar-refractivity contribution in [3.63, 3.8) is 0 Å². The highest BCUT2D eigenvalue weighted by molar-refractivity contribution is 5.83. The van der Waals surface area contributed by atoms with Crippen LogP contribution in [0, 0.1) is 11.8 Å². The molecule has 0 amide bonds. The maximum Gasteiger partial charge on any atom is 0.136 e. The Morgan fingerprint density at radius 3 is 2.91 bits per heavy atom. The van der Waals surface area contributed by atoms with Crippen LogP contribution in [0.1, 0.15) is 26.2 Å². The lowest BCUT2D eigenvalue weighted by Crippen LogP contribution is -2.19. The largest absolute Gasteiger partial charge is 0.384 e. The molecule has 2 heteroatoms. The van der Waals surface area contributed by atoms with Crippen LogP contribution in [0.4, 0.5) is 0 Å². The van der Waals surface area contributed by atoms with Crippen LogP contribution in [0.3, 0.4) is 0 Å². The SMILES string of the molecule is COCC(C)C1CCCC1=O. The molecule has 64 valence electrons. The second kappa shape index (κ2) is 3.86. The van der Waals surface area contributed by atoms with Crippen LogP contribution >= 0.6 is 0 Å². The molecule has 0 radical (unpaired) electrons. The molecule has 1 saturated carbocycles. The van der Waals surface area contributed by atoms with E-state index >= 15 is 0 Å². The molecule has 0 bridgehead atoms. The fraction of sp³-hybridized carbons (Fsp3) is 0.889. The Labute approximate surface area is 67.9 Å². The normalized spacial score (nSPS) is 27.5. The van der Waals surface area contributed by atoms with Crippen LogP contribution in [-0.2, 0) is 9.53 Å². The average Bonchev–Trinajstić information content (AvgIpc) is 2.36. The molecule has 0 aromatic rings. The first-order chi connectivity index (χ1) is 5.25. The third-order valence-electron chi connectivity index (χ3n) is 2.47. The first-order valence-electron chi connectivity index (χ1n) is 4.27. The molecule has 0 aliphatic heterocycles. The van der Waals surface area contributed by atoms with Crippen molar-refractivity contribution in [1.82, 2.24) is 0 Å². The molecule has 1 rings (SSSR count). The third kappa shape index (κ3) is 2.03. The van der Waals surface area contributed by atoms with E-state index < -0.39 is 0 Å². The van der Waals surface area contributed by atoms with E-state index in [-0.39, 0.29) is 5.92 Å². The average molecular weight is 156 g/mol. The van der Waals surface area contributed by atoms with Gasteiger partial charge < -0.3 is 4.74 Å². The Kier molecular flexibility index (Phi) is 3.06. The van der Waals surface area contributed by atoms with Crippen LogP contribution in [-0.4, -0.2) is 19.5 Å². The molecular formula is C9H16O2. The van der Waals surface area contributed by atoms with Crippen molar-refractivity contribution in [3.8, 4) is 0 Å². The zero-order valence-corrected chi connectivity index (χ0v) is 7.30. The van der Waals surface area contributed by atoms with Gasteiger partial charge in [0.05, 0.1) is 0 Å². The number of Topliss-reactive ketones (excluding diaryl/α,β-unsaturated/α-hetero) is 1. The van der Waals surface area contributed by atoms with E-state index in [0.29, 0.717) is 11.7 Å². The quantitative estimate of drug-likeness (QED) is 0.621. The summed E-state index contributed by atoms with van der Waals surface area (Å²) in [5, 5.41) is 0. The highest BCUT2D eigenvalue weighted by Crippen LogP contribution is 2.28. The summed E-state index contributed by atoms with van der Waals surface area (Å²) in [5.74, 6) is 1.14. The van der Waals surface area contributed by atoms with E-state index in [2.05, 4.69) is 6.92 Å². The van der Waals surface area contributed by atoms with Crippen LogP contribution in [0.2, 0.25) is 0 Å². The Balaban J connectivity index is 2.39. The summed E-state index contributed by atoms with van der Waals surface area (Å²) >= 11 is 0. The summed E-state index contributed by atoms with van der Waals surface area (Å²) in [6.45, 7) is 2.81. The molecule has 2 unspecified atom stereocenters. The van der Waals surface area contributed by atoms with Gasteiger partial charge in [0.25, 0.3) is 0 Å². The monoisotopic (exact) mass is 156 g/mol. The fourth-order valence-electron chi connectivity index (χ4n) is 1.82. The molecule has 1 aliphatic rings. The molecule has 0 aromatic heterocycles. The van der Waals surface area contributed by atoms with Gasteiger partial charge >= 0.3 is 0 Å². The van der Waals surface area contributed by atoms with Gasteiger partial charge in [-0.15, -0.1) is 0 Å². The molecule has 1 aliphatic carbocycles. The van der Waals surface area contributed by atoms with Crippen LogP contribution < -0.4 is 0 Å². The Hall–Kier alpha value is -0.370. The molecular weight excluding hydrogens is 140 g/mol. The maximum atomic E-state index is 11.2. The zero-order valence-electron chi connectivity index (χ0n) is 7.30. The molecule has 0 saturated heterocycles. The van der Waals surface area contributed by atoms with Crippen molar-refractivity contribution >= 4 is 5.78 Å². The standard InChI is InChI=1S/C9H16O2/c1-7(6-11-2)8-4-3-5-9(8)10/h7-8H,3-6H2,1-2H3. The van der Waals surface area contributed by atoms with Gasteiger partial charge in [-0.25, -0.2) is 0 Å². The van der Waals surface area contributed by atoms with E-state index in [9.17, 15) is 4.79 Å². The zero-order chi connectivity index (χ0) is 8.27. The summed E-state index contributed by atoms with van der Waals surface area (Å²) in [6, 6.07) is 0. The van der Waals surface area contributed by atoms with Crippen LogP contribution in [0.5, 0.6) is 0 Å². The minimum absolute atomic E-state index is 0.287. The van der Waals surface area contributed by atoms with Crippen molar-refractivity contribution in [2.45, 2.75) is 26.2 Å². The highest BCUT2D eigenvalue weighted by Gasteiger charge is 2.28.